The van der Waals surface area contributed by atoms with Crippen LogP contribution in [0.2, 0.25) is 0 Å². The molecule has 0 amide bonds. The predicted molar refractivity (Wildman–Crippen MR) is 271 cm³/mol. The number of β-amino-alcohol motifs (C(OH)–C–C–N with tert-alkyl or cyclic N) is 4. The van der Waals surface area contributed by atoms with Crippen molar-refractivity contribution in [3.05, 3.63) is 47.5 Å². The van der Waals surface area contributed by atoms with E-state index in [2.05, 4.69) is 45.1 Å². The zero-order valence-corrected chi connectivity index (χ0v) is 41.6. The molecule has 4 aliphatic rings. The summed E-state index contributed by atoms with van der Waals surface area (Å²) >= 11 is 0.701. The van der Waals surface area contributed by atoms with Crippen LogP contribution >= 0.6 is 12.0 Å². The number of aliphatic hydroxyl groups is 4. The highest BCUT2D eigenvalue weighted by Gasteiger charge is 2.27. The van der Waals surface area contributed by atoms with Gasteiger partial charge in [-0.2, -0.15) is 38.3 Å². The zero-order chi connectivity index (χ0) is 50.5. The van der Waals surface area contributed by atoms with Gasteiger partial charge in [0.15, 0.2) is 0 Å². The van der Waals surface area contributed by atoms with Gasteiger partial charge in [-0.25, -0.2) is 5.26 Å². The standard InChI is InChI=1S/C44H64N16O10S2/c61-27-23-53-7-15-57(16-8-53)41-47-39(48-42(51-41)58-17-9-54(10-18-58)24-28-62)45-35-5-3-33(37(31-35)71-70-69-65)1-2-34-4-6-36(32-38(34)72(66,67)68)46-40-49-43(59-19-11-55(12-20-59)25-29-63)52-44(50-40)60-21-13-56(14-22-60)26-30-64/h1-6,31-32,61-65H,7-30H2,(H,66,67,68)(H,45,47,48,51)(H,46,49,50,52). The smallest absolute Gasteiger partial charge is 0.295 e. The maximum atomic E-state index is 13.0. The second kappa shape index (κ2) is 25.7. The second-order valence-corrected chi connectivity index (χ2v) is 19.6. The van der Waals surface area contributed by atoms with Crippen molar-refractivity contribution in [3.8, 4) is 0 Å². The number of benzene rings is 2. The fraction of sp³-hybridized carbons (Fsp3) is 0.545. The average molecular weight is 1040 g/mol. The van der Waals surface area contributed by atoms with Crippen molar-refractivity contribution in [1.29, 1.82) is 0 Å². The van der Waals surface area contributed by atoms with Crippen LogP contribution in [-0.4, -0.2) is 245 Å². The molecule has 6 heterocycles. The summed E-state index contributed by atoms with van der Waals surface area (Å²) in [6, 6.07) is 9.70. The largest absolute Gasteiger partial charge is 0.395 e. The summed E-state index contributed by atoms with van der Waals surface area (Å²) in [4.78, 5) is 45.8. The van der Waals surface area contributed by atoms with Crippen LogP contribution in [0.25, 0.3) is 12.2 Å². The number of nitrogens with zero attached hydrogens (tertiary/aromatic N) is 14. The van der Waals surface area contributed by atoms with E-state index in [1.54, 1.807) is 30.3 Å². The van der Waals surface area contributed by atoms with Gasteiger partial charge in [0.05, 0.1) is 38.5 Å². The Bertz CT molecular complexity index is 2440. The summed E-state index contributed by atoms with van der Waals surface area (Å²) in [5, 5.41) is 57.4. The SMILES string of the molecule is O=S(=O)(O)c1cc(Nc2nc(N3CCN(CCO)CC3)nc(N3CCN(CCO)CC3)n2)ccc1C=Cc1ccc(Nc2nc(N3CCN(CCO)CC3)nc(N3CCN(CCO)CC3)n2)cc1SOOO. The normalized spacial score (nSPS) is 18.1. The highest BCUT2D eigenvalue weighted by atomic mass is 32.2. The molecule has 8 rings (SSSR count). The molecular weight excluding hydrogens is 977 g/mol. The summed E-state index contributed by atoms with van der Waals surface area (Å²) in [5.41, 5.74) is 1.54. The van der Waals surface area contributed by atoms with E-state index in [-0.39, 0.29) is 48.8 Å². The molecule has 4 saturated heterocycles. The second-order valence-electron chi connectivity index (χ2n) is 17.5. The molecule has 26 nitrogen and oxygen atoms in total. The third-order valence-electron chi connectivity index (χ3n) is 12.9. The third-order valence-corrected chi connectivity index (χ3v) is 14.5. The molecule has 2 aromatic carbocycles. The number of hydrogen-bond donors (Lipinski definition) is 8. The number of nitrogens with one attached hydrogen (secondary N) is 2. The molecule has 4 aromatic rings. The van der Waals surface area contributed by atoms with E-state index in [4.69, 9.17) is 39.5 Å². The number of aromatic nitrogens is 6. The first-order valence-corrected chi connectivity index (χ1v) is 26.2. The van der Waals surface area contributed by atoms with Crippen LogP contribution in [-0.2, 0) is 19.5 Å². The van der Waals surface area contributed by atoms with Crippen molar-refractivity contribution in [1.82, 2.24) is 49.5 Å². The maximum Gasteiger partial charge on any atom is 0.295 e. The first-order chi connectivity index (χ1) is 35.0. The van der Waals surface area contributed by atoms with Gasteiger partial charge in [-0.15, -0.1) is 4.33 Å². The molecular formula is C44H64N16O10S2. The molecule has 4 aliphatic heterocycles. The van der Waals surface area contributed by atoms with Crippen LogP contribution in [0.3, 0.4) is 0 Å². The highest BCUT2D eigenvalue weighted by Crippen LogP contribution is 2.32. The van der Waals surface area contributed by atoms with Gasteiger partial charge in [0, 0.05) is 147 Å². The van der Waals surface area contributed by atoms with E-state index in [1.165, 1.54) is 18.2 Å². The number of aliphatic hydroxyl groups excluding tert-OH is 4. The van der Waals surface area contributed by atoms with Gasteiger partial charge in [-0.05, 0) is 35.4 Å². The molecule has 28 heteroatoms. The van der Waals surface area contributed by atoms with E-state index >= 15 is 0 Å². The molecule has 8 N–H and O–H groups in total. The van der Waals surface area contributed by atoms with Crippen LogP contribution in [0.1, 0.15) is 11.1 Å². The van der Waals surface area contributed by atoms with E-state index in [1.807, 2.05) is 9.80 Å². The zero-order valence-electron chi connectivity index (χ0n) is 40.0. The molecule has 72 heavy (non-hydrogen) atoms. The third kappa shape index (κ3) is 14.3. The lowest BCUT2D eigenvalue weighted by Crippen LogP contribution is -2.49. The average Bonchev–Trinajstić information content (AvgIpc) is 3.39. The fourth-order valence-corrected chi connectivity index (χ4v) is 10.1. The van der Waals surface area contributed by atoms with Crippen molar-refractivity contribution in [2.24, 2.45) is 0 Å². The summed E-state index contributed by atoms with van der Waals surface area (Å²) in [6.45, 7) is 13.5. The minimum Gasteiger partial charge on any atom is -0.395 e. The molecule has 0 spiro atoms. The lowest BCUT2D eigenvalue weighted by molar-refractivity contribution is -0.432. The first-order valence-electron chi connectivity index (χ1n) is 24.0. The number of rotatable bonds is 22. The first kappa shape index (κ1) is 53.1. The van der Waals surface area contributed by atoms with E-state index in [9.17, 15) is 33.4 Å². The highest BCUT2D eigenvalue weighted by molar-refractivity contribution is 7.94. The van der Waals surface area contributed by atoms with Crippen LogP contribution in [0.15, 0.2) is 46.2 Å². The minimum atomic E-state index is -4.77. The molecule has 0 unspecified atom stereocenters. The van der Waals surface area contributed by atoms with Crippen LogP contribution in [0.5, 0.6) is 0 Å². The van der Waals surface area contributed by atoms with Gasteiger partial charge in [-0.1, -0.05) is 29.3 Å². The maximum absolute atomic E-state index is 13.0. The number of piperazine rings is 4. The summed E-state index contributed by atoms with van der Waals surface area (Å²) in [7, 11) is -4.77. The van der Waals surface area contributed by atoms with Crippen molar-refractivity contribution >= 4 is 81.4 Å². The Hall–Kier alpha value is -5.18. The monoisotopic (exact) mass is 1040 g/mol. The Morgan fingerprint density at radius 2 is 0.861 bits per heavy atom. The quantitative estimate of drug-likeness (QED) is 0.0167. The number of anilines is 8. The molecule has 0 atom stereocenters. The van der Waals surface area contributed by atoms with Gasteiger partial charge in [0.25, 0.3) is 10.1 Å². The minimum absolute atomic E-state index is 0.0683. The van der Waals surface area contributed by atoms with Crippen LogP contribution < -0.4 is 30.2 Å². The topological polar surface area (TPSA) is 301 Å². The predicted octanol–water partition coefficient (Wildman–Crippen LogP) is -0.154. The lowest BCUT2D eigenvalue weighted by atomic mass is 10.1. The van der Waals surface area contributed by atoms with Gasteiger partial charge in [0.1, 0.15) is 4.90 Å². The molecule has 392 valence electrons. The Balaban J connectivity index is 1.03. The summed E-state index contributed by atoms with van der Waals surface area (Å²) in [6.07, 6.45) is 3.15. The van der Waals surface area contributed by atoms with E-state index < -0.39 is 10.1 Å². The Kier molecular flexibility index (Phi) is 18.9. The fourth-order valence-electron chi connectivity index (χ4n) is 8.92. The van der Waals surface area contributed by atoms with Crippen LogP contribution in [0.4, 0.5) is 47.1 Å². The van der Waals surface area contributed by atoms with E-state index in [0.717, 1.165) is 26.2 Å². The molecule has 4 fully saturated rings. The molecule has 0 radical (unpaired) electrons. The van der Waals surface area contributed by atoms with Gasteiger partial charge < -0.3 is 50.7 Å². The summed E-state index contributed by atoms with van der Waals surface area (Å²) < 4.78 is 41.3. The van der Waals surface area contributed by atoms with Crippen molar-refractivity contribution in [3.63, 3.8) is 0 Å². The molecule has 0 bridgehead atoms. The van der Waals surface area contributed by atoms with Crippen molar-refractivity contribution in [2.45, 2.75) is 9.79 Å². The lowest BCUT2D eigenvalue weighted by Gasteiger charge is -2.36. The van der Waals surface area contributed by atoms with Gasteiger partial charge in [-0.3, -0.25) is 24.2 Å². The van der Waals surface area contributed by atoms with Crippen molar-refractivity contribution in [2.75, 3.05) is 188 Å². The van der Waals surface area contributed by atoms with Crippen molar-refractivity contribution < 1.29 is 48.0 Å². The van der Waals surface area contributed by atoms with Gasteiger partial charge >= 0.3 is 0 Å². The number of hydrogen-bond acceptors (Lipinski definition) is 26. The van der Waals surface area contributed by atoms with Crippen LogP contribution in [0, 0.1) is 0 Å². The molecule has 2 aromatic heterocycles. The Morgan fingerprint density at radius 1 is 0.514 bits per heavy atom. The van der Waals surface area contributed by atoms with Gasteiger partial charge in [0.2, 0.25) is 35.7 Å². The van der Waals surface area contributed by atoms with E-state index in [0.29, 0.717) is 162 Å². The Morgan fingerprint density at radius 3 is 1.21 bits per heavy atom. The summed E-state index contributed by atoms with van der Waals surface area (Å²) in [5.74, 6) is 2.36. The molecule has 0 saturated carbocycles. The molecule has 0 aliphatic carbocycles. The Labute approximate surface area is 422 Å².